The number of rotatable bonds is 1. The Hall–Kier alpha value is -1.07. The fourth-order valence-electron chi connectivity index (χ4n) is 1.43. The van der Waals surface area contributed by atoms with E-state index in [9.17, 15) is 10.1 Å². The molecule has 14 heavy (non-hydrogen) atoms. The van der Waals surface area contributed by atoms with Gasteiger partial charge in [-0.25, -0.2) is 0 Å². The van der Waals surface area contributed by atoms with Crippen molar-refractivity contribution >= 4 is 39.7 Å². The number of nitrogens with zero attached hydrogens (tertiary/aromatic N) is 1. The van der Waals surface area contributed by atoms with Crippen LogP contribution in [0.5, 0.6) is 0 Å². The highest BCUT2D eigenvalue weighted by Gasteiger charge is 2.16. The van der Waals surface area contributed by atoms with Crippen molar-refractivity contribution in [2.45, 2.75) is 11.1 Å². The summed E-state index contributed by atoms with van der Waals surface area (Å²) >= 11 is 5.64. The second-order valence-electron chi connectivity index (χ2n) is 2.98. The maximum atomic E-state index is 10.8. The normalized spacial score (nSPS) is 10.7. The third kappa shape index (κ3) is 1.38. The Morgan fingerprint density at radius 1 is 1.50 bits per heavy atom. The molecule has 0 N–H and O–H groups in total. The first-order chi connectivity index (χ1) is 6.59. The Morgan fingerprint density at radius 3 is 2.86 bits per heavy atom. The molecule has 2 rings (SSSR count). The van der Waals surface area contributed by atoms with Gasteiger partial charge < -0.3 is 0 Å². The zero-order valence-electron chi connectivity index (χ0n) is 7.35. The van der Waals surface area contributed by atoms with E-state index < -0.39 is 0 Å². The molecule has 0 saturated heterocycles. The van der Waals surface area contributed by atoms with Crippen LogP contribution >= 0.6 is 24.0 Å². The molecule has 0 atom stereocenters. The van der Waals surface area contributed by atoms with Gasteiger partial charge in [-0.15, -0.1) is 24.0 Å². The topological polar surface area (TPSA) is 43.1 Å². The lowest BCUT2D eigenvalue weighted by Gasteiger charge is -1.97. The largest absolute Gasteiger partial charge is 0.280 e. The van der Waals surface area contributed by atoms with Crippen LogP contribution in [0.15, 0.2) is 22.4 Å². The molecule has 0 aliphatic rings. The summed E-state index contributed by atoms with van der Waals surface area (Å²) in [6.07, 6.45) is 0. The monoisotopic (exact) mass is 225 g/mol. The fraction of sp³-hybridized carbons (Fsp3) is 0.111. The van der Waals surface area contributed by atoms with Gasteiger partial charge in [0.25, 0.3) is 5.69 Å². The van der Waals surface area contributed by atoms with Crippen molar-refractivity contribution in [1.29, 1.82) is 0 Å². The Bertz CT molecular complexity index is 519. The van der Waals surface area contributed by atoms with Crippen molar-refractivity contribution < 1.29 is 4.92 Å². The number of thiol groups is 1. The minimum absolute atomic E-state index is 0.194. The number of nitro groups is 1. The molecule has 3 nitrogen and oxygen atoms in total. The van der Waals surface area contributed by atoms with Gasteiger partial charge in [0.05, 0.1) is 14.5 Å². The van der Waals surface area contributed by atoms with E-state index in [4.69, 9.17) is 0 Å². The minimum atomic E-state index is -0.336. The first kappa shape index (κ1) is 9.48. The van der Waals surface area contributed by atoms with Crippen LogP contribution in [0, 0.1) is 17.0 Å². The highest BCUT2D eigenvalue weighted by Crippen LogP contribution is 2.36. The van der Waals surface area contributed by atoms with Crippen molar-refractivity contribution in [3.8, 4) is 0 Å². The maximum Gasteiger partial charge on any atom is 0.280 e. The average molecular weight is 225 g/mol. The summed E-state index contributed by atoms with van der Waals surface area (Å²) in [5.41, 5.74) is 0.882. The highest BCUT2D eigenvalue weighted by atomic mass is 32.2. The molecule has 0 amide bonds. The lowest BCUT2D eigenvalue weighted by molar-refractivity contribution is -0.383. The van der Waals surface area contributed by atoms with Crippen LogP contribution in [0.1, 0.15) is 5.56 Å². The summed E-state index contributed by atoms with van der Waals surface area (Å²) in [5.74, 6) is 0. The van der Waals surface area contributed by atoms with Gasteiger partial charge in [0, 0.05) is 10.3 Å². The molecular formula is C9H7NO2S2. The van der Waals surface area contributed by atoms with E-state index in [0.717, 1.165) is 8.91 Å². The maximum absolute atomic E-state index is 10.8. The van der Waals surface area contributed by atoms with E-state index in [1.54, 1.807) is 19.1 Å². The third-order valence-electron chi connectivity index (χ3n) is 2.04. The van der Waals surface area contributed by atoms with E-state index in [0.29, 0.717) is 10.9 Å². The van der Waals surface area contributed by atoms with Crippen molar-refractivity contribution in [2.75, 3.05) is 0 Å². The molecular weight excluding hydrogens is 218 g/mol. The van der Waals surface area contributed by atoms with Gasteiger partial charge >= 0.3 is 0 Å². The zero-order valence-corrected chi connectivity index (χ0v) is 9.06. The first-order valence-corrected chi connectivity index (χ1v) is 5.22. The van der Waals surface area contributed by atoms with Gasteiger partial charge in [-0.3, -0.25) is 10.1 Å². The summed E-state index contributed by atoms with van der Waals surface area (Å²) in [6.45, 7) is 1.74. The third-order valence-corrected chi connectivity index (χ3v) is 3.35. The van der Waals surface area contributed by atoms with Gasteiger partial charge in [0.1, 0.15) is 0 Å². The van der Waals surface area contributed by atoms with Gasteiger partial charge in [-0.2, -0.15) is 0 Å². The summed E-state index contributed by atoms with van der Waals surface area (Å²) < 4.78 is 1.71. The second-order valence-corrected chi connectivity index (χ2v) is 4.85. The summed E-state index contributed by atoms with van der Waals surface area (Å²) in [5, 5.41) is 11.5. The molecule has 0 spiro atoms. The van der Waals surface area contributed by atoms with E-state index in [2.05, 4.69) is 12.6 Å². The number of fused-ring (bicyclic) bond motifs is 1. The summed E-state index contributed by atoms with van der Waals surface area (Å²) in [7, 11) is 0. The van der Waals surface area contributed by atoms with Crippen LogP contribution in [0.25, 0.3) is 10.1 Å². The summed E-state index contributed by atoms with van der Waals surface area (Å²) in [4.78, 5) is 10.5. The average Bonchev–Trinajstić information content (AvgIpc) is 2.43. The Morgan fingerprint density at radius 2 is 2.21 bits per heavy atom. The number of thiophene rings is 1. The number of nitro benzene ring substituents is 1. The van der Waals surface area contributed by atoms with E-state index in [1.807, 2.05) is 6.07 Å². The molecule has 1 aromatic carbocycles. The molecule has 0 saturated carbocycles. The molecule has 0 fully saturated rings. The summed E-state index contributed by atoms with van der Waals surface area (Å²) in [6, 6.07) is 5.40. The van der Waals surface area contributed by atoms with Crippen molar-refractivity contribution in [3.05, 3.63) is 33.9 Å². The van der Waals surface area contributed by atoms with Gasteiger partial charge in [-0.05, 0) is 19.1 Å². The Labute approximate surface area is 89.9 Å². The molecule has 2 aromatic rings. The molecule has 0 aliphatic heterocycles. The lowest BCUT2D eigenvalue weighted by atomic mass is 10.1. The van der Waals surface area contributed by atoms with Crippen LogP contribution in [-0.4, -0.2) is 4.92 Å². The Kier molecular flexibility index (Phi) is 2.20. The van der Waals surface area contributed by atoms with Crippen molar-refractivity contribution in [3.63, 3.8) is 0 Å². The number of hydrogen-bond acceptors (Lipinski definition) is 4. The fourth-order valence-corrected chi connectivity index (χ4v) is 2.66. The van der Waals surface area contributed by atoms with Crippen LogP contribution in [0.3, 0.4) is 0 Å². The molecule has 0 aliphatic carbocycles. The number of hydrogen-bond donors (Lipinski definition) is 1. The van der Waals surface area contributed by atoms with E-state index >= 15 is 0 Å². The molecule has 0 unspecified atom stereocenters. The van der Waals surface area contributed by atoms with E-state index in [-0.39, 0.29) is 10.6 Å². The number of aryl methyl sites for hydroxylation is 1. The molecule has 1 aromatic heterocycles. The predicted molar refractivity (Wildman–Crippen MR) is 60.5 cm³/mol. The van der Waals surface area contributed by atoms with Crippen molar-refractivity contribution in [1.82, 2.24) is 0 Å². The molecule has 0 bridgehead atoms. The van der Waals surface area contributed by atoms with Gasteiger partial charge in [0.15, 0.2) is 0 Å². The smallest absolute Gasteiger partial charge is 0.258 e. The SMILES string of the molecule is Cc1ccc2sc(S)cc2c1[N+](=O)[O-]. The minimum Gasteiger partial charge on any atom is -0.258 e. The lowest BCUT2D eigenvalue weighted by Crippen LogP contribution is -1.91. The molecule has 5 heteroatoms. The van der Waals surface area contributed by atoms with Crippen LogP contribution < -0.4 is 0 Å². The predicted octanol–water partition coefficient (Wildman–Crippen LogP) is 3.41. The molecule has 0 radical (unpaired) electrons. The quantitative estimate of drug-likeness (QED) is 0.459. The van der Waals surface area contributed by atoms with Crippen molar-refractivity contribution in [2.24, 2.45) is 0 Å². The Balaban J connectivity index is 2.88. The van der Waals surface area contributed by atoms with Crippen LogP contribution in [0.4, 0.5) is 5.69 Å². The standard InChI is InChI=1S/C9H7NO2S2/c1-5-2-3-7-6(4-8(13)14-7)9(5)10(11)12/h2-4,13H,1H3. The van der Waals surface area contributed by atoms with Crippen LogP contribution in [-0.2, 0) is 0 Å². The first-order valence-electron chi connectivity index (χ1n) is 3.96. The van der Waals surface area contributed by atoms with Gasteiger partial charge in [0.2, 0.25) is 0 Å². The highest BCUT2D eigenvalue weighted by molar-refractivity contribution is 7.83. The molecule has 1 heterocycles. The van der Waals surface area contributed by atoms with Gasteiger partial charge in [-0.1, -0.05) is 6.07 Å². The van der Waals surface area contributed by atoms with E-state index in [1.165, 1.54) is 11.3 Å². The zero-order chi connectivity index (χ0) is 10.3. The number of benzene rings is 1. The molecule has 72 valence electrons. The van der Waals surface area contributed by atoms with Crippen LogP contribution in [0.2, 0.25) is 0 Å². The second kappa shape index (κ2) is 3.25.